The molecular weight excluding hydrogens is 310 g/mol. The summed E-state index contributed by atoms with van der Waals surface area (Å²) in [7, 11) is 0. The largest absolute Gasteiger partial charge is 0.374 e. The van der Waals surface area contributed by atoms with Gasteiger partial charge in [-0.3, -0.25) is 14.6 Å². The van der Waals surface area contributed by atoms with Gasteiger partial charge in [0.05, 0.1) is 25.8 Å². The number of hydrogen-bond acceptors (Lipinski definition) is 8. The Hall–Kier alpha value is -2.65. The second kappa shape index (κ2) is 6.85. The minimum absolute atomic E-state index is 0.0682. The highest BCUT2D eigenvalue weighted by Gasteiger charge is 2.23. The molecule has 1 saturated heterocycles. The van der Waals surface area contributed by atoms with E-state index in [0.717, 1.165) is 13.1 Å². The van der Waals surface area contributed by atoms with Crippen molar-refractivity contribution in [3.63, 3.8) is 0 Å². The van der Waals surface area contributed by atoms with Crippen LogP contribution in [-0.2, 0) is 17.8 Å². The molecule has 1 aliphatic rings. The number of hydrogen-bond donors (Lipinski definition) is 0. The molecule has 0 amide bonds. The van der Waals surface area contributed by atoms with Gasteiger partial charge in [0.2, 0.25) is 11.7 Å². The number of ether oxygens (including phenoxy) is 1. The van der Waals surface area contributed by atoms with E-state index in [-0.39, 0.29) is 6.10 Å². The maximum absolute atomic E-state index is 5.79. The van der Waals surface area contributed by atoms with Gasteiger partial charge in [0, 0.05) is 19.3 Å². The normalized spacial score (nSPS) is 18.8. The Bertz CT molecular complexity index is 759. The molecule has 4 heterocycles. The molecule has 3 aromatic heterocycles. The Labute approximate surface area is 138 Å². The monoisotopic (exact) mass is 327 g/mol. The molecule has 0 bridgehead atoms. The zero-order valence-corrected chi connectivity index (χ0v) is 13.0. The zero-order chi connectivity index (χ0) is 16.2. The number of aromatic nitrogens is 6. The molecule has 0 aliphatic carbocycles. The van der Waals surface area contributed by atoms with Crippen molar-refractivity contribution in [2.75, 3.05) is 19.7 Å². The van der Waals surface area contributed by atoms with Crippen LogP contribution in [0.5, 0.6) is 0 Å². The van der Waals surface area contributed by atoms with Crippen LogP contribution >= 0.6 is 0 Å². The number of morpholine rings is 1. The van der Waals surface area contributed by atoms with Gasteiger partial charge >= 0.3 is 0 Å². The first kappa shape index (κ1) is 14.9. The average Bonchev–Trinajstić information content (AvgIpc) is 3.28. The average molecular weight is 327 g/mol. The Morgan fingerprint density at radius 3 is 3.12 bits per heavy atom. The summed E-state index contributed by atoms with van der Waals surface area (Å²) in [5.41, 5.74) is 0.707. The Morgan fingerprint density at radius 2 is 2.29 bits per heavy atom. The van der Waals surface area contributed by atoms with Gasteiger partial charge in [0.15, 0.2) is 0 Å². The fraction of sp³-hybridized carbons (Fsp3) is 0.400. The molecular formula is C15H17N7O2. The fourth-order valence-electron chi connectivity index (χ4n) is 2.68. The maximum atomic E-state index is 5.79. The zero-order valence-electron chi connectivity index (χ0n) is 13.0. The molecule has 0 saturated carbocycles. The first-order chi connectivity index (χ1) is 11.9. The van der Waals surface area contributed by atoms with E-state index in [0.29, 0.717) is 37.1 Å². The topological polar surface area (TPSA) is 95.0 Å². The first-order valence-corrected chi connectivity index (χ1v) is 7.77. The highest BCUT2D eigenvalue weighted by Crippen LogP contribution is 2.15. The van der Waals surface area contributed by atoms with Crippen molar-refractivity contribution in [3.8, 4) is 11.5 Å². The summed E-state index contributed by atoms with van der Waals surface area (Å²) in [5.74, 6) is 1.09. The summed E-state index contributed by atoms with van der Waals surface area (Å²) >= 11 is 0. The van der Waals surface area contributed by atoms with Gasteiger partial charge in [-0.2, -0.15) is 10.1 Å². The van der Waals surface area contributed by atoms with Crippen LogP contribution in [0.2, 0.25) is 0 Å². The molecule has 0 unspecified atom stereocenters. The third-order valence-corrected chi connectivity index (χ3v) is 3.80. The SMILES string of the molecule is c1ccc(-c2noc(CN3CCO[C@@H](Cn4cncn4)C3)n2)nc1. The quantitative estimate of drug-likeness (QED) is 0.673. The van der Waals surface area contributed by atoms with Crippen molar-refractivity contribution in [1.29, 1.82) is 0 Å². The fourth-order valence-corrected chi connectivity index (χ4v) is 2.68. The molecule has 0 N–H and O–H groups in total. The summed E-state index contributed by atoms with van der Waals surface area (Å²) in [6.45, 7) is 3.55. The number of nitrogens with zero attached hydrogens (tertiary/aromatic N) is 7. The lowest BCUT2D eigenvalue weighted by atomic mass is 10.2. The van der Waals surface area contributed by atoms with Crippen molar-refractivity contribution >= 4 is 0 Å². The standard InChI is InChI=1S/C15H17N7O2/c1-2-4-17-13(3-1)15-19-14(24-20-15)9-21-5-6-23-12(7-21)8-22-11-16-10-18-22/h1-4,10-12H,5-9H2/t12-/m1/s1. The van der Waals surface area contributed by atoms with Crippen molar-refractivity contribution < 1.29 is 9.26 Å². The Kier molecular flexibility index (Phi) is 4.26. The summed E-state index contributed by atoms with van der Waals surface area (Å²) in [4.78, 5) is 14.8. The Balaban J connectivity index is 1.37. The van der Waals surface area contributed by atoms with Crippen molar-refractivity contribution in [3.05, 3.63) is 42.9 Å². The van der Waals surface area contributed by atoms with Crippen LogP contribution in [-0.4, -0.2) is 60.6 Å². The van der Waals surface area contributed by atoms with E-state index in [1.54, 1.807) is 17.2 Å². The van der Waals surface area contributed by atoms with E-state index in [9.17, 15) is 0 Å². The van der Waals surface area contributed by atoms with Gasteiger partial charge in [-0.15, -0.1) is 0 Å². The number of rotatable bonds is 5. The maximum Gasteiger partial charge on any atom is 0.241 e. The minimum Gasteiger partial charge on any atom is -0.374 e. The molecule has 9 nitrogen and oxygen atoms in total. The van der Waals surface area contributed by atoms with E-state index in [4.69, 9.17) is 9.26 Å². The van der Waals surface area contributed by atoms with E-state index < -0.39 is 0 Å². The lowest BCUT2D eigenvalue weighted by Crippen LogP contribution is -2.43. The van der Waals surface area contributed by atoms with Crippen molar-refractivity contribution in [2.45, 2.75) is 19.2 Å². The van der Waals surface area contributed by atoms with Crippen LogP contribution in [0.1, 0.15) is 5.89 Å². The molecule has 0 spiro atoms. The van der Waals surface area contributed by atoms with Gasteiger partial charge in [-0.25, -0.2) is 4.98 Å². The van der Waals surface area contributed by atoms with Crippen LogP contribution in [0, 0.1) is 0 Å². The minimum atomic E-state index is 0.0682. The molecule has 1 fully saturated rings. The van der Waals surface area contributed by atoms with Crippen LogP contribution in [0.3, 0.4) is 0 Å². The molecule has 124 valence electrons. The van der Waals surface area contributed by atoms with E-state index >= 15 is 0 Å². The van der Waals surface area contributed by atoms with Crippen LogP contribution in [0.4, 0.5) is 0 Å². The molecule has 1 aliphatic heterocycles. The van der Waals surface area contributed by atoms with Gasteiger partial charge in [-0.1, -0.05) is 11.2 Å². The van der Waals surface area contributed by atoms with Gasteiger partial charge in [0.1, 0.15) is 18.3 Å². The molecule has 9 heteroatoms. The predicted molar refractivity (Wildman–Crippen MR) is 82.6 cm³/mol. The van der Waals surface area contributed by atoms with Crippen LogP contribution in [0.25, 0.3) is 11.5 Å². The molecule has 1 atom stereocenters. The summed E-state index contributed by atoms with van der Waals surface area (Å²) in [6.07, 6.45) is 5.00. The second-order valence-electron chi connectivity index (χ2n) is 5.57. The lowest BCUT2D eigenvalue weighted by molar-refractivity contribution is -0.0426. The van der Waals surface area contributed by atoms with Gasteiger partial charge in [-0.05, 0) is 12.1 Å². The lowest BCUT2D eigenvalue weighted by Gasteiger charge is -2.31. The van der Waals surface area contributed by atoms with Crippen LogP contribution < -0.4 is 0 Å². The van der Waals surface area contributed by atoms with Crippen molar-refractivity contribution in [1.82, 2.24) is 34.8 Å². The summed E-state index contributed by atoms with van der Waals surface area (Å²) in [6, 6.07) is 5.61. The highest BCUT2D eigenvalue weighted by atomic mass is 16.5. The summed E-state index contributed by atoms with van der Waals surface area (Å²) < 4.78 is 12.9. The van der Waals surface area contributed by atoms with Crippen molar-refractivity contribution in [2.24, 2.45) is 0 Å². The third kappa shape index (κ3) is 3.47. The second-order valence-corrected chi connectivity index (χ2v) is 5.57. The smallest absolute Gasteiger partial charge is 0.241 e. The van der Waals surface area contributed by atoms with E-state index in [1.807, 2.05) is 18.2 Å². The summed E-state index contributed by atoms with van der Waals surface area (Å²) in [5, 5.41) is 8.12. The van der Waals surface area contributed by atoms with Gasteiger partial charge in [0.25, 0.3) is 0 Å². The predicted octanol–water partition coefficient (Wildman–Crippen LogP) is 0.624. The van der Waals surface area contributed by atoms with E-state index in [2.05, 4.69) is 30.1 Å². The first-order valence-electron chi connectivity index (χ1n) is 7.77. The van der Waals surface area contributed by atoms with Gasteiger partial charge < -0.3 is 9.26 Å². The molecule has 0 radical (unpaired) electrons. The Morgan fingerprint density at radius 1 is 1.29 bits per heavy atom. The highest BCUT2D eigenvalue weighted by molar-refractivity contribution is 5.46. The molecule has 4 rings (SSSR count). The van der Waals surface area contributed by atoms with E-state index in [1.165, 1.54) is 6.33 Å². The third-order valence-electron chi connectivity index (χ3n) is 3.80. The number of pyridine rings is 1. The molecule has 3 aromatic rings. The van der Waals surface area contributed by atoms with Crippen LogP contribution in [0.15, 0.2) is 41.6 Å². The molecule has 0 aromatic carbocycles. The molecule has 24 heavy (non-hydrogen) atoms.